The minimum Gasteiger partial charge on any atom is -0.346 e. The number of nitrogens with zero attached hydrogens (tertiary/aromatic N) is 4. The molecule has 0 bridgehead atoms. The number of aryl methyl sites for hydroxylation is 1. The van der Waals surface area contributed by atoms with Crippen LogP contribution in [0.3, 0.4) is 0 Å². The van der Waals surface area contributed by atoms with Crippen molar-refractivity contribution < 1.29 is 17.7 Å². The molecule has 0 saturated heterocycles. The lowest BCUT2D eigenvalue weighted by Crippen LogP contribution is -2.04. The van der Waals surface area contributed by atoms with Crippen LogP contribution in [0.15, 0.2) is 59.4 Å². The van der Waals surface area contributed by atoms with E-state index in [0.717, 1.165) is 29.0 Å². The van der Waals surface area contributed by atoms with Crippen molar-refractivity contribution in [1.82, 2.24) is 19.7 Å². The van der Waals surface area contributed by atoms with Gasteiger partial charge in [-0.25, -0.2) is 4.98 Å². The first-order valence-electron chi connectivity index (χ1n) is 8.58. The molecule has 0 aliphatic rings. The van der Waals surface area contributed by atoms with Crippen LogP contribution in [-0.2, 0) is 12.7 Å². The zero-order valence-corrected chi connectivity index (χ0v) is 15.9. The second-order valence-electron chi connectivity index (χ2n) is 6.49. The first kappa shape index (κ1) is 19.2. The Hall–Kier alpha value is -3.13. The third-order valence-electron chi connectivity index (χ3n) is 4.40. The molecule has 0 aliphatic carbocycles. The molecule has 9 heteroatoms. The Morgan fingerprint density at radius 1 is 1.07 bits per heavy atom. The highest BCUT2D eigenvalue weighted by molar-refractivity contribution is 6.29. The maximum Gasteiger partial charge on any atom is 0.416 e. The average Bonchev–Trinajstić information content (AvgIpc) is 3.30. The summed E-state index contributed by atoms with van der Waals surface area (Å²) in [6, 6.07) is 10.1. The van der Waals surface area contributed by atoms with Crippen LogP contribution in [0.25, 0.3) is 22.8 Å². The van der Waals surface area contributed by atoms with Crippen LogP contribution in [-0.4, -0.2) is 19.7 Å². The first-order valence-corrected chi connectivity index (χ1v) is 8.96. The molecule has 0 N–H and O–H groups in total. The minimum atomic E-state index is -4.39. The summed E-state index contributed by atoms with van der Waals surface area (Å²) in [5.41, 5.74) is 2.39. The molecule has 1 aromatic carbocycles. The topological polar surface area (TPSA) is 56.7 Å². The predicted octanol–water partition coefficient (Wildman–Crippen LogP) is 5.63. The van der Waals surface area contributed by atoms with Gasteiger partial charge in [-0.1, -0.05) is 35.0 Å². The highest BCUT2D eigenvalue weighted by Gasteiger charge is 2.30. The lowest BCUT2D eigenvalue weighted by Gasteiger charge is -2.05. The van der Waals surface area contributed by atoms with E-state index in [0.29, 0.717) is 17.3 Å². The largest absolute Gasteiger partial charge is 0.416 e. The van der Waals surface area contributed by atoms with E-state index < -0.39 is 11.7 Å². The van der Waals surface area contributed by atoms with Crippen LogP contribution in [0.2, 0.25) is 5.15 Å². The normalized spacial score (nSPS) is 11.8. The van der Waals surface area contributed by atoms with Crippen molar-refractivity contribution in [1.29, 1.82) is 0 Å². The smallest absolute Gasteiger partial charge is 0.346 e. The highest BCUT2D eigenvalue weighted by Crippen LogP contribution is 2.31. The summed E-state index contributed by atoms with van der Waals surface area (Å²) in [6.45, 7) is 2.54. The van der Waals surface area contributed by atoms with Crippen LogP contribution >= 0.6 is 11.6 Å². The molecule has 29 heavy (non-hydrogen) atoms. The van der Waals surface area contributed by atoms with Gasteiger partial charge < -0.3 is 9.09 Å². The Bertz CT molecular complexity index is 1130. The molecule has 0 spiro atoms. The predicted molar refractivity (Wildman–Crippen MR) is 101 cm³/mol. The molecule has 0 atom stereocenters. The van der Waals surface area contributed by atoms with Gasteiger partial charge in [0.1, 0.15) is 5.15 Å². The third-order valence-corrected chi connectivity index (χ3v) is 4.62. The first-order chi connectivity index (χ1) is 13.8. The number of halogens is 4. The van der Waals surface area contributed by atoms with Crippen LogP contribution in [0.5, 0.6) is 0 Å². The number of aromatic nitrogens is 4. The van der Waals surface area contributed by atoms with Crippen LogP contribution < -0.4 is 0 Å². The number of alkyl halides is 3. The summed E-state index contributed by atoms with van der Waals surface area (Å²) < 4.78 is 45.4. The van der Waals surface area contributed by atoms with Crippen molar-refractivity contribution in [2.24, 2.45) is 0 Å². The van der Waals surface area contributed by atoms with Crippen molar-refractivity contribution in [3.8, 4) is 22.8 Å². The summed E-state index contributed by atoms with van der Waals surface area (Å²) in [6.07, 6.45) is -0.814. The Kier molecular flexibility index (Phi) is 4.87. The van der Waals surface area contributed by atoms with E-state index in [1.807, 2.05) is 29.8 Å². The lowest BCUT2D eigenvalue weighted by atomic mass is 10.1. The number of hydrogen-bond donors (Lipinski definition) is 0. The van der Waals surface area contributed by atoms with E-state index in [9.17, 15) is 13.2 Å². The summed E-state index contributed by atoms with van der Waals surface area (Å²) in [7, 11) is 0. The molecule has 0 radical (unpaired) electrons. The lowest BCUT2D eigenvalue weighted by molar-refractivity contribution is -0.137. The molecule has 148 valence electrons. The van der Waals surface area contributed by atoms with Gasteiger partial charge in [0.25, 0.3) is 5.89 Å². The summed E-state index contributed by atoms with van der Waals surface area (Å²) in [5, 5.41) is 4.32. The molecule has 4 rings (SSSR count). The van der Waals surface area contributed by atoms with Crippen molar-refractivity contribution >= 4 is 11.6 Å². The standard InChI is InChI=1S/C20H14ClF3N4O/c1-12-8-15(11-28(12)10-13-2-7-17(21)25-9-13)19-26-18(27-29-19)14-3-5-16(6-4-14)20(22,23)24/h2-9,11H,10H2,1H3. The molecule has 0 aliphatic heterocycles. The fourth-order valence-corrected chi connectivity index (χ4v) is 2.98. The number of pyridine rings is 1. The van der Waals surface area contributed by atoms with Gasteiger partial charge in [0, 0.05) is 30.2 Å². The Balaban J connectivity index is 1.56. The molecular formula is C20H14ClF3N4O. The third kappa shape index (κ3) is 4.17. The second-order valence-corrected chi connectivity index (χ2v) is 6.87. The summed E-state index contributed by atoms with van der Waals surface area (Å²) >= 11 is 5.81. The van der Waals surface area contributed by atoms with E-state index in [-0.39, 0.29) is 11.7 Å². The van der Waals surface area contributed by atoms with E-state index in [1.165, 1.54) is 12.1 Å². The zero-order valence-electron chi connectivity index (χ0n) is 15.1. The van der Waals surface area contributed by atoms with Gasteiger partial charge in [-0.2, -0.15) is 18.2 Å². The molecule has 5 nitrogen and oxygen atoms in total. The Morgan fingerprint density at radius 2 is 1.83 bits per heavy atom. The van der Waals surface area contributed by atoms with Crippen LogP contribution in [0, 0.1) is 6.92 Å². The number of rotatable bonds is 4. The van der Waals surface area contributed by atoms with Gasteiger partial charge in [0.2, 0.25) is 5.82 Å². The fraction of sp³-hybridized carbons (Fsp3) is 0.150. The molecule has 0 saturated carbocycles. The Labute approximate surface area is 168 Å². The van der Waals surface area contributed by atoms with Crippen LogP contribution in [0.1, 0.15) is 16.8 Å². The highest BCUT2D eigenvalue weighted by atomic mass is 35.5. The second kappa shape index (κ2) is 7.36. The molecule has 3 aromatic heterocycles. The van der Waals surface area contributed by atoms with E-state index in [4.69, 9.17) is 16.1 Å². The molecular weight excluding hydrogens is 405 g/mol. The van der Waals surface area contributed by atoms with Gasteiger partial charge >= 0.3 is 6.18 Å². The molecule has 3 heterocycles. The zero-order chi connectivity index (χ0) is 20.6. The van der Waals surface area contributed by atoms with E-state index in [1.54, 1.807) is 12.3 Å². The minimum absolute atomic E-state index is 0.223. The van der Waals surface area contributed by atoms with Gasteiger partial charge in [0.15, 0.2) is 0 Å². The SMILES string of the molecule is Cc1cc(-c2nc(-c3ccc(C(F)(F)F)cc3)no2)cn1Cc1ccc(Cl)nc1. The summed E-state index contributed by atoms with van der Waals surface area (Å²) in [4.78, 5) is 8.38. The van der Waals surface area contributed by atoms with Gasteiger partial charge in [-0.05, 0) is 36.8 Å². The van der Waals surface area contributed by atoms with Gasteiger partial charge in [-0.3, -0.25) is 0 Å². The van der Waals surface area contributed by atoms with Crippen molar-refractivity contribution in [3.63, 3.8) is 0 Å². The van der Waals surface area contributed by atoms with Crippen LogP contribution in [0.4, 0.5) is 13.2 Å². The van der Waals surface area contributed by atoms with Crippen molar-refractivity contribution in [3.05, 3.63) is 76.8 Å². The summed E-state index contributed by atoms with van der Waals surface area (Å²) in [5.74, 6) is 0.511. The number of benzene rings is 1. The van der Waals surface area contributed by atoms with E-state index >= 15 is 0 Å². The fourth-order valence-electron chi connectivity index (χ4n) is 2.87. The maximum atomic E-state index is 12.7. The molecule has 0 amide bonds. The number of hydrogen-bond acceptors (Lipinski definition) is 4. The van der Waals surface area contributed by atoms with Crippen molar-refractivity contribution in [2.45, 2.75) is 19.6 Å². The molecule has 0 fully saturated rings. The van der Waals surface area contributed by atoms with Gasteiger partial charge in [-0.15, -0.1) is 0 Å². The molecule has 4 aromatic rings. The van der Waals surface area contributed by atoms with Crippen molar-refractivity contribution in [2.75, 3.05) is 0 Å². The van der Waals surface area contributed by atoms with E-state index in [2.05, 4.69) is 15.1 Å². The Morgan fingerprint density at radius 3 is 2.48 bits per heavy atom. The maximum absolute atomic E-state index is 12.7. The molecule has 0 unspecified atom stereocenters. The quantitative estimate of drug-likeness (QED) is 0.403. The monoisotopic (exact) mass is 418 g/mol. The average molecular weight is 419 g/mol. The van der Waals surface area contributed by atoms with Gasteiger partial charge in [0.05, 0.1) is 11.1 Å².